The normalized spacial score (nSPS) is 20.1. The van der Waals surface area contributed by atoms with Gasteiger partial charge in [0, 0.05) is 24.6 Å². The number of ketones is 1. The number of carbonyl (C=O) groups is 3. The van der Waals surface area contributed by atoms with Gasteiger partial charge in [-0.25, -0.2) is 4.79 Å². The van der Waals surface area contributed by atoms with Crippen LogP contribution in [0, 0.1) is 0 Å². The van der Waals surface area contributed by atoms with E-state index in [0.29, 0.717) is 22.6 Å². The van der Waals surface area contributed by atoms with Gasteiger partial charge in [0.2, 0.25) is 5.78 Å². The zero-order valence-corrected chi connectivity index (χ0v) is 18.5. The summed E-state index contributed by atoms with van der Waals surface area (Å²) in [5.74, 6) is -0.312. The number of carbonyl (C=O) groups excluding carboxylic acids is 2. The number of rotatable bonds is 7. The van der Waals surface area contributed by atoms with Gasteiger partial charge in [0.05, 0.1) is 25.9 Å². The lowest BCUT2D eigenvalue weighted by Gasteiger charge is -2.21. The summed E-state index contributed by atoms with van der Waals surface area (Å²) >= 11 is 0. The lowest BCUT2D eigenvalue weighted by atomic mass is 10.1. The van der Waals surface area contributed by atoms with Crippen LogP contribution in [0.3, 0.4) is 0 Å². The molecule has 2 heterocycles. The highest BCUT2D eigenvalue weighted by Gasteiger charge is 2.39. The monoisotopic (exact) mass is 469 g/mol. The zero-order valence-electron chi connectivity index (χ0n) is 18.5. The SMILES string of the molecule is COc1ccc(OC)c(C=C2Oc3cc(OCC(=O)N4C[C@H](O)C[C@H]4C(=O)O)ccc3C2=O)c1. The third kappa shape index (κ3) is 4.53. The average Bonchev–Trinajstić information content (AvgIpc) is 3.37. The minimum absolute atomic E-state index is 0.0247. The number of likely N-dealkylation sites (tertiary alicyclic amines) is 1. The molecule has 10 nitrogen and oxygen atoms in total. The molecular weight excluding hydrogens is 446 g/mol. The fraction of sp³-hybridized carbons (Fsp3) is 0.292. The van der Waals surface area contributed by atoms with Crippen LogP contribution < -0.4 is 18.9 Å². The van der Waals surface area contributed by atoms with Gasteiger partial charge in [-0.3, -0.25) is 9.59 Å². The standard InChI is InChI=1S/C24H23NO9/c1-31-15-4-6-19(32-2)13(7-15)8-21-23(28)17-5-3-16(10-20(17)34-21)33-12-22(27)25-11-14(26)9-18(25)24(29)30/h3-8,10,14,18,26H,9,11-12H2,1-2H3,(H,29,30)/t14-,18+/m1/s1. The van der Waals surface area contributed by atoms with Crippen LogP contribution >= 0.6 is 0 Å². The van der Waals surface area contributed by atoms with Crippen molar-refractivity contribution in [1.29, 1.82) is 0 Å². The predicted molar refractivity (Wildman–Crippen MR) is 118 cm³/mol. The van der Waals surface area contributed by atoms with E-state index >= 15 is 0 Å². The minimum atomic E-state index is -1.18. The Morgan fingerprint density at radius 2 is 1.91 bits per heavy atom. The molecule has 1 saturated heterocycles. The summed E-state index contributed by atoms with van der Waals surface area (Å²) in [4.78, 5) is 37.6. The van der Waals surface area contributed by atoms with Crippen molar-refractivity contribution < 1.29 is 43.5 Å². The van der Waals surface area contributed by atoms with Crippen LogP contribution in [0.4, 0.5) is 0 Å². The molecule has 0 aromatic heterocycles. The highest BCUT2D eigenvalue weighted by molar-refractivity contribution is 6.14. The van der Waals surface area contributed by atoms with Crippen LogP contribution in [0.15, 0.2) is 42.2 Å². The third-order valence-corrected chi connectivity index (χ3v) is 5.61. The lowest BCUT2D eigenvalue weighted by Crippen LogP contribution is -2.42. The number of aliphatic carboxylic acids is 1. The van der Waals surface area contributed by atoms with Crippen molar-refractivity contribution in [3.05, 3.63) is 53.3 Å². The lowest BCUT2D eigenvalue weighted by molar-refractivity contribution is -0.148. The maximum atomic E-state index is 12.8. The topological polar surface area (TPSA) is 132 Å². The summed E-state index contributed by atoms with van der Waals surface area (Å²) < 4.78 is 21.8. The second-order valence-corrected chi connectivity index (χ2v) is 7.78. The molecule has 0 radical (unpaired) electrons. The number of β-amino-alcohol motifs (C(OH)–C–C–N with tert-alkyl or cyclic N) is 1. The number of allylic oxidation sites excluding steroid dienone is 1. The number of aliphatic hydroxyl groups excluding tert-OH is 1. The van der Waals surface area contributed by atoms with Gasteiger partial charge in [0.1, 0.15) is 29.0 Å². The number of fused-ring (bicyclic) bond motifs is 1. The molecule has 178 valence electrons. The highest BCUT2D eigenvalue weighted by atomic mass is 16.5. The first-order valence-electron chi connectivity index (χ1n) is 10.4. The number of Topliss-reactive ketones (excluding diaryl/α,β-unsaturated/α-hetero) is 1. The number of carboxylic acids is 1. The van der Waals surface area contributed by atoms with Crippen LogP contribution in [0.2, 0.25) is 0 Å². The van der Waals surface area contributed by atoms with Crippen molar-refractivity contribution in [1.82, 2.24) is 4.90 Å². The highest BCUT2D eigenvalue weighted by Crippen LogP contribution is 2.36. The fourth-order valence-electron chi connectivity index (χ4n) is 3.90. The smallest absolute Gasteiger partial charge is 0.326 e. The number of carboxylic acid groups (broad SMARTS) is 1. The Kier molecular flexibility index (Phi) is 6.42. The van der Waals surface area contributed by atoms with Gasteiger partial charge in [-0.2, -0.15) is 0 Å². The van der Waals surface area contributed by atoms with E-state index in [9.17, 15) is 24.6 Å². The van der Waals surface area contributed by atoms with Gasteiger partial charge < -0.3 is 34.1 Å². The zero-order chi connectivity index (χ0) is 24.4. The maximum Gasteiger partial charge on any atom is 0.326 e. The van der Waals surface area contributed by atoms with Crippen LogP contribution in [0.5, 0.6) is 23.0 Å². The van der Waals surface area contributed by atoms with Crippen LogP contribution in [0.1, 0.15) is 22.3 Å². The first-order valence-corrected chi connectivity index (χ1v) is 10.4. The van der Waals surface area contributed by atoms with Crippen molar-refractivity contribution in [3.8, 4) is 23.0 Å². The molecule has 2 N–H and O–H groups in total. The Balaban J connectivity index is 1.47. The second kappa shape index (κ2) is 9.44. The summed E-state index contributed by atoms with van der Waals surface area (Å²) in [6, 6.07) is 8.61. The van der Waals surface area contributed by atoms with Gasteiger partial charge >= 0.3 is 5.97 Å². The molecule has 4 rings (SSSR count). The second-order valence-electron chi connectivity index (χ2n) is 7.78. The van der Waals surface area contributed by atoms with Crippen molar-refractivity contribution in [3.63, 3.8) is 0 Å². The molecule has 10 heteroatoms. The number of hydrogen-bond acceptors (Lipinski definition) is 8. The first kappa shape index (κ1) is 23.1. The van der Waals surface area contributed by atoms with Gasteiger partial charge in [0.25, 0.3) is 5.91 Å². The van der Waals surface area contributed by atoms with E-state index in [4.69, 9.17) is 18.9 Å². The van der Waals surface area contributed by atoms with Gasteiger partial charge in [0.15, 0.2) is 12.4 Å². The summed E-state index contributed by atoms with van der Waals surface area (Å²) in [5.41, 5.74) is 0.932. The summed E-state index contributed by atoms with van der Waals surface area (Å²) in [6.07, 6.45) is 0.638. The molecule has 0 unspecified atom stereocenters. The molecule has 2 aliphatic heterocycles. The summed E-state index contributed by atoms with van der Waals surface area (Å²) in [5, 5.41) is 19.0. The number of hydrogen-bond donors (Lipinski definition) is 2. The van der Waals surface area contributed by atoms with E-state index in [1.807, 2.05) is 0 Å². The third-order valence-electron chi connectivity index (χ3n) is 5.61. The Bertz CT molecular complexity index is 1170. The minimum Gasteiger partial charge on any atom is -0.497 e. The van der Waals surface area contributed by atoms with E-state index in [1.54, 1.807) is 24.3 Å². The van der Waals surface area contributed by atoms with Gasteiger partial charge in [-0.1, -0.05) is 0 Å². The maximum absolute atomic E-state index is 12.8. The Hall–Kier alpha value is -4.05. The molecule has 0 bridgehead atoms. The van der Waals surface area contributed by atoms with Crippen molar-refractivity contribution in [2.75, 3.05) is 27.4 Å². The molecular formula is C24H23NO9. The Morgan fingerprint density at radius 1 is 1.15 bits per heavy atom. The van der Waals surface area contributed by atoms with E-state index < -0.39 is 30.6 Å². The Morgan fingerprint density at radius 3 is 2.62 bits per heavy atom. The average molecular weight is 469 g/mol. The molecule has 0 aliphatic carbocycles. The van der Waals surface area contributed by atoms with E-state index in [-0.39, 0.29) is 36.0 Å². The summed E-state index contributed by atoms with van der Waals surface area (Å²) in [6.45, 7) is -0.490. The largest absolute Gasteiger partial charge is 0.497 e. The number of methoxy groups -OCH3 is 2. The molecule has 2 aliphatic rings. The predicted octanol–water partition coefficient (Wildman–Crippen LogP) is 1.75. The fourth-order valence-corrected chi connectivity index (χ4v) is 3.90. The Labute approximate surface area is 194 Å². The number of amides is 1. The summed E-state index contributed by atoms with van der Waals surface area (Å²) in [7, 11) is 3.05. The van der Waals surface area contributed by atoms with Gasteiger partial charge in [-0.05, 0) is 36.4 Å². The van der Waals surface area contributed by atoms with Gasteiger partial charge in [-0.15, -0.1) is 0 Å². The molecule has 0 spiro atoms. The van der Waals surface area contributed by atoms with E-state index in [0.717, 1.165) is 4.90 Å². The van der Waals surface area contributed by atoms with Crippen LogP contribution in [-0.2, 0) is 9.59 Å². The number of benzene rings is 2. The van der Waals surface area contributed by atoms with Crippen molar-refractivity contribution >= 4 is 23.7 Å². The molecule has 2 aromatic carbocycles. The molecule has 2 aromatic rings. The number of aliphatic hydroxyl groups is 1. The van der Waals surface area contributed by atoms with E-state index in [1.165, 1.54) is 32.4 Å². The number of ether oxygens (including phenoxy) is 4. The van der Waals surface area contributed by atoms with Crippen molar-refractivity contribution in [2.45, 2.75) is 18.6 Å². The molecule has 0 saturated carbocycles. The van der Waals surface area contributed by atoms with Crippen molar-refractivity contribution in [2.24, 2.45) is 0 Å². The quantitative estimate of drug-likeness (QED) is 0.582. The molecule has 1 amide bonds. The molecule has 2 atom stereocenters. The van der Waals surface area contributed by atoms with E-state index in [2.05, 4.69) is 0 Å². The van der Waals surface area contributed by atoms with Crippen LogP contribution in [-0.4, -0.2) is 72.3 Å². The molecule has 1 fully saturated rings. The molecule has 34 heavy (non-hydrogen) atoms. The first-order chi connectivity index (χ1) is 16.3. The van der Waals surface area contributed by atoms with Crippen LogP contribution in [0.25, 0.3) is 6.08 Å². The number of nitrogens with zero attached hydrogens (tertiary/aromatic N) is 1.